The van der Waals surface area contributed by atoms with E-state index in [4.69, 9.17) is 0 Å². The molecule has 0 aliphatic heterocycles. The molecule has 1 N–H and O–H groups in total. The summed E-state index contributed by atoms with van der Waals surface area (Å²) in [6, 6.07) is 8.57. The smallest absolute Gasteiger partial charge is 0.0619 e. The fourth-order valence-electron chi connectivity index (χ4n) is 2.29. The molecule has 1 aromatic carbocycles. The van der Waals surface area contributed by atoms with Gasteiger partial charge in [0.2, 0.25) is 0 Å². The van der Waals surface area contributed by atoms with Crippen LogP contribution in [0.4, 0.5) is 0 Å². The van der Waals surface area contributed by atoms with Crippen LogP contribution < -0.4 is 5.32 Å². The molecule has 1 heterocycles. The molecule has 0 radical (unpaired) electrons. The van der Waals surface area contributed by atoms with Gasteiger partial charge in [-0.05, 0) is 31.0 Å². The third kappa shape index (κ3) is 3.70. The van der Waals surface area contributed by atoms with Crippen molar-refractivity contribution in [2.75, 3.05) is 6.54 Å². The number of aryl methyl sites for hydroxylation is 1. The van der Waals surface area contributed by atoms with Crippen molar-refractivity contribution < 1.29 is 0 Å². The van der Waals surface area contributed by atoms with Gasteiger partial charge in [-0.1, -0.05) is 48.0 Å². The number of aromatic nitrogens is 2. The molecule has 0 saturated heterocycles. The lowest BCUT2D eigenvalue weighted by atomic mass is 10.0. The minimum Gasteiger partial charge on any atom is -0.306 e. The van der Waals surface area contributed by atoms with Crippen molar-refractivity contribution in [1.29, 1.82) is 0 Å². The first-order valence-electron chi connectivity index (χ1n) is 7.26. The second-order valence-corrected chi connectivity index (χ2v) is 5.80. The molecule has 0 fully saturated rings. The molecule has 1 atom stereocenters. The van der Waals surface area contributed by atoms with Crippen molar-refractivity contribution in [1.82, 2.24) is 15.1 Å². The molecule has 0 aliphatic carbocycles. The topological polar surface area (TPSA) is 29.9 Å². The highest BCUT2D eigenvalue weighted by Crippen LogP contribution is 2.28. The quantitative estimate of drug-likeness (QED) is 0.823. The molecular weight excluding hydrogens is 314 g/mol. The van der Waals surface area contributed by atoms with E-state index in [9.17, 15) is 0 Å². The average Bonchev–Trinajstić information content (AvgIpc) is 2.90. The number of halogens is 1. The number of nitrogens with zero attached hydrogens (tertiary/aromatic N) is 2. The zero-order chi connectivity index (χ0) is 14.4. The van der Waals surface area contributed by atoms with Crippen molar-refractivity contribution in [2.24, 2.45) is 0 Å². The van der Waals surface area contributed by atoms with Crippen molar-refractivity contribution in [3.8, 4) is 0 Å². The summed E-state index contributed by atoms with van der Waals surface area (Å²) >= 11 is 3.66. The highest BCUT2D eigenvalue weighted by Gasteiger charge is 2.17. The van der Waals surface area contributed by atoms with Crippen LogP contribution in [-0.2, 0) is 6.54 Å². The highest BCUT2D eigenvalue weighted by molar-refractivity contribution is 9.10. The van der Waals surface area contributed by atoms with E-state index < -0.39 is 0 Å². The lowest BCUT2D eigenvalue weighted by molar-refractivity contribution is 0.587. The Morgan fingerprint density at radius 1 is 1.25 bits per heavy atom. The van der Waals surface area contributed by atoms with Crippen LogP contribution in [0.2, 0.25) is 0 Å². The normalized spacial score (nSPS) is 12.6. The van der Waals surface area contributed by atoms with E-state index in [1.165, 1.54) is 11.1 Å². The number of nitrogens with one attached hydrogen (secondary N) is 1. The maximum absolute atomic E-state index is 4.45. The molecule has 1 unspecified atom stereocenters. The minimum absolute atomic E-state index is 0.191. The number of hydrogen-bond donors (Lipinski definition) is 1. The molecule has 1 aromatic heterocycles. The summed E-state index contributed by atoms with van der Waals surface area (Å²) in [5, 5.41) is 8.07. The van der Waals surface area contributed by atoms with Crippen LogP contribution in [-0.4, -0.2) is 16.3 Å². The van der Waals surface area contributed by atoms with Gasteiger partial charge in [-0.2, -0.15) is 5.10 Å². The summed E-state index contributed by atoms with van der Waals surface area (Å²) in [6.07, 6.45) is 6.34. The largest absolute Gasteiger partial charge is 0.306 e. The van der Waals surface area contributed by atoms with Crippen molar-refractivity contribution >= 4 is 15.9 Å². The van der Waals surface area contributed by atoms with E-state index in [1.54, 1.807) is 0 Å². The Morgan fingerprint density at radius 3 is 2.75 bits per heavy atom. The second kappa shape index (κ2) is 7.60. The predicted octanol–water partition coefficient (Wildman–Crippen LogP) is 4.14. The maximum Gasteiger partial charge on any atom is 0.0619 e. The van der Waals surface area contributed by atoms with Crippen molar-refractivity contribution in [2.45, 2.75) is 39.3 Å². The Balaban J connectivity index is 2.29. The van der Waals surface area contributed by atoms with Crippen molar-refractivity contribution in [3.63, 3.8) is 0 Å². The summed E-state index contributed by atoms with van der Waals surface area (Å²) in [4.78, 5) is 0. The van der Waals surface area contributed by atoms with Crippen molar-refractivity contribution in [3.05, 3.63) is 52.3 Å². The molecule has 108 valence electrons. The average molecular weight is 336 g/mol. The summed E-state index contributed by atoms with van der Waals surface area (Å²) in [5.74, 6) is 0. The predicted molar refractivity (Wildman–Crippen MR) is 86.8 cm³/mol. The van der Waals surface area contributed by atoms with Gasteiger partial charge < -0.3 is 5.32 Å². The summed E-state index contributed by atoms with van der Waals surface area (Å²) in [6.45, 7) is 6.31. The third-order valence-corrected chi connectivity index (χ3v) is 3.98. The first-order chi connectivity index (χ1) is 9.76. The SMILES string of the molecule is CCCNC(c1cnn(CCC)c1)c1ccccc1Br. The maximum atomic E-state index is 4.45. The highest BCUT2D eigenvalue weighted by atomic mass is 79.9. The summed E-state index contributed by atoms with van der Waals surface area (Å²) in [5.41, 5.74) is 2.48. The Morgan fingerprint density at radius 2 is 2.05 bits per heavy atom. The number of benzene rings is 1. The van der Waals surface area contributed by atoms with Crippen LogP contribution in [0.15, 0.2) is 41.1 Å². The molecular formula is C16H22BrN3. The zero-order valence-corrected chi connectivity index (χ0v) is 13.7. The fraction of sp³-hybridized carbons (Fsp3) is 0.438. The fourth-order valence-corrected chi connectivity index (χ4v) is 2.80. The molecule has 0 bridgehead atoms. The van der Waals surface area contributed by atoms with Crippen LogP contribution in [0.3, 0.4) is 0 Å². The standard InChI is InChI=1S/C16H22BrN3/c1-3-9-18-16(14-7-5-6-8-15(14)17)13-11-19-20(12-13)10-4-2/h5-8,11-12,16,18H,3-4,9-10H2,1-2H3. The monoisotopic (exact) mass is 335 g/mol. The van der Waals surface area contributed by atoms with Gasteiger partial charge in [-0.15, -0.1) is 0 Å². The third-order valence-electron chi connectivity index (χ3n) is 3.25. The van der Waals surface area contributed by atoms with Crippen LogP contribution in [0.1, 0.15) is 43.9 Å². The molecule has 2 aromatic rings. The molecule has 0 amide bonds. The number of rotatable bonds is 7. The van der Waals surface area contributed by atoms with Gasteiger partial charge in [0.1, 0.15) is 0 Å². The Kier molecular flexibility index (Phi) is 5.80. The van der Waals surface area contributed by atoms with E-state index in [1.807, 2.05) is 16.9 Å². The van der Waals surface area contributed by atoms with Gasteiger partial charge >= 0.3 is 0 Å². The van der Waals surface area contributed by atoms with Crippen LogP contribution in [0.25, 0.3) is 0 Å². The van der Waals surface area contributed by atoms with Gasteiger partial charge in [-0.25, -0.2) is 0 Å². The van der Waals surface area contributed by atoms with Gasteiger partial charge in [0.05, 0.1) is 12.2 Å². The van der Waals surface area contributed by atoms with Crippen LogP contribution >= 0.6 is 15.9 Å². The van der Waals surface area contributed by atoms with Crippen LogP contribution in [0.5, 0.6) is 0 Å². The molecule has 0 saturated carbocycles. The first-order valence-corrected chi connectivity index (χ1v) is 8.05. The molecule has 0 spiro atoms. The van der Waals surface area contributed by atoms with Gasteiger partial charge in [0.25, 0.3) is 0 Å². The number of hydrogen-bond acceptors (Lipinski definition) is 2. The van der Waals surface area contributed by atoms with Gasteiger partial charge in [0, 0.05) is 22.8 Å². The second-order valence-electron chi connectivity index (χ2n) is 4.95. The lowest BCUT2D eigenvalue weighted by Crippen LogP contribution is -2.23. The first kappa shape index (κ1) is 15.3. The van der Waals surface area contributed by atoms with E-state index in [0.29, 0.717) is 0 Å². The molecule has 0 aliphatic rings. The van der Waals surface area contributed by atoms with E-state index in [2.05, 4.69) is 64.6 Å². The van der Waals surface area contributed by atoms with E-state index >= 15 is 0 Å². The van der Waals surface area contributed by atoms with E-state index in [-0.39, 0.29) is 6.04 Å². The van der Waals surface area contributed by atoms with Gasteiger partial charge in [0.15, 0.2) is 0 Å². The Labute approximate surface area is 129 Å². The molecule has 20 heavy (non-hydrogen) atoms. The Bertz CT molecular complexity index is 536. The lowest BCUT2D eigenvalue weighted by Gasteiger charge is -2.19. The molecule has 3 nitrogen and oxygen atoms in total. The summed E-state index contributed by atoms with van der Waals surface area (Å²) < 4.78 is 3.16. The zero-order valence-electron chi connectivity index (χ0n) is 12.1. The van der Waals surface area contributed by atoms with Gasteiger partial charge in [-0.3, -0.25) is 4.68 Å². The van der Waals surface area contributed by atoms with Crippen LogP contribution in [0, 0.1) is 0 Å². The summed E-state index contributed by atoms with van der Waals surface area (Å²) in [7, 11) is 0. The molecule has 4 heteroatoms. The minimum atomic E-state index is 0.191. The molecule has 2 rings (SSSR count). The Hall–Kier alpha value is -1.13. The van der Waals surface area contributed by atoms with E-state index in [0.717, 1.165) is 30.4 Å².